The summed E-state index contributed by atoms with van der Waals surface area (Å²) in [5, 5.41) is 5.20. The zero-order valence-corrected chi connectivity index (χ0v) is 9.96. The molecule has 1 N–H and O–H groups in total. The fraction of sp³-hybridized carbons (Fsp3) is 0.545. The first kappa shape index (κ1) is 11.7. The lowest BCUT2D eigenvalue weighted by atomic mass is 10.1. The van der Waals surface area contributed by atoms with E-state index in [1.807, 2.05) is 11.4 Å². The zero-order chi connectivity index (χ0) is 11.4. The van der Waals surface area contributed by atoms with Crippen molar-refractivity contribution in [3.05, 3.63) is 22.4 Å². The molecule has 16 heavy (non-hydrogen) atoms. The van der Waals surface area contributed by atoms with Gasteiger partial charge in [0, 0.05) is 17.3 Å². The van der Waals surface area contributed by atoms with Crippen LogP contribution in [0.4, 0.5) is 0 Å². The molecule has 1 aromatic rings. The third-order valence-electron chi connectivity index (χ3n) is 2.37. The standard InChI is InChI=1S/C11H15NO3S/c1-8(13)5-9(12-11-14-7-15-11)6-10-3-2-4-16-10/h2-4,9,11-12H,5-7H2,1H3/t9-/m1/s1. The molecule has 0 saturated carbocycles. The molecule has 1 atom stereocenters. The van der Waals surface area contributed by atoms with E-state index in [1.165, 1.54) is 4.88 Å². The van der Waals surface area contributed by atoms with Gasteiger partial charge in [-0.15, -0.1) is 11.3 Å². The SMILES string of the molecule is CC(=O)C[C@H](Cc1cccs1)NC1OCO1. The number of carbonyl (C=O) groups is 1. The topological polar surface area (TPSA) is 47.6 Å². The third kappa shape index (κ3) is 3.38. The quantitative estimate of drug-likeness (QED) is 0.820. The second-order valence-electron chi connectivity index (χ2n) is 3.84. The van der Waals surface area contributed by atoms with E-state index >= 15 is 0 Å². The van der Waals surface area contributed by atoms with Gasteiger partial charge in [-0.25, -0.2) is 0 Å². The second-order valence-corrected chi connectivity index (χ2v) is 4.87. The average molecular weight is 241 g/mol. The van der Waals surface area contributed by atoms with Gasteiger partial charge in [0.05, 0.1) is 0 Å². The Morgan fingerprint density at radius 3 is 3.00 bits per heavy atom. The molecule has 1 aliphatic rings. The highest BCUT2D eigenvalue weighted by atomic mass is 32.1. The largest absolute Gasteiger partial charge is 0.313 e. The third-order valence-corrected chi connectivity index (χ3v) is 3.27. The molecule has 1 fully saturated rings. The van der Waals surface area contributed by atoms with Gasteiger partial charge in [-0.2, -0.15) is 0 Å². The monoisotopic (exact) mass is 241 g/mol. The van der Waals surface area contributed by atoms with Crippen LogP contribution in [0.3, 0.4) is 0 Å². The van der Waals surface area contributed by atoms with Crippen molar-refractivity contribution in [3.8, 4) is 0 Å². The first-order valence-electron chi connectivity index (χ1n) is 5.25. The molecule has 0 unspecified atom stereocenters. The molecule has 0 aromatic carbocycles. The first-order valence-corrected chi connectivity index (χ1v) is 6.13. The number of carbonyl (C=O) groups excluding carboxylic acids is 1. The number of hydrogen-bond donors (Lipinski definition) is 1. The van der Waals surface area contributed by atoms with Crippen molar-refractivity contribution in [2.75, 3.05) is 6.79 Å². The highest BCUT2D eigenvalue weighted by Crippen LogP contribution is 2.15. The molecule has 0 radical (unpaired) electrons. The highest BCUT2D eigenvalue weighted by Gasteiger charge is 2.23. The molecule has 4 nitrogen and oxygen atoms in total. The Hall–Kier alpha value is -0.750. The average Bonchev–Trinajstić information content (AvgIpc) is 2.62. The summed E-state index contributed by atoms with van der Waals surface area (Å²) in [6.45, 7) is 1.94. The number of hydrogen-bond acceptors (Lipinski definition) is 5. The van der Waals surface area contributed by atoms with Crippen molar-refractivity contribution in [3.63, 3.8) is 0 Å². The van der Waals surface area contributed by atoms with Gasteiger partial charge in [0.1, 0.15) is 5.78 Å². The zero-order valence-electron chi connectivity index (χ0n) is 9.14. The van der Waals surface area contributed by atoms with E-state index < -0.39 is 0 Å². The van der Waals surface area contributed by atoms with Gasteiger partial charge < -0.3 is 9.47 Å². The summed E-state index contributed by atoms with van der Waals surface area (Å²) < 4.78 is 10.2. The Morgan fingerprint density at radius 1 is 1.69 bits per heavy atom. The summed E-state index contributed by atoms with van der Waals surface area (Å²) in [4.78, 5) is 12.4. The smallest absolute Gasteiger partial charge is 0.220 e. The van der Waals surface area contributed by atoms with Crippen molar-refractivity contribution in [1.29, 1.82) is 0 Å². The Labute approximate surface area is 98.6 Å². The minimum absolute atomic E-state index is 0.0847. The lowest BCUT2D eigenvalue weighted by Gasteiger charge is -2.31. The predicted molar refractivity (Wildman–Crippen MR) is 61.1 cm³/mol. The Bertz CT molecular complexity index is 335. The van der Waals surface area contributed by atoms with E-state index in [-0.39, 0.29) is 18.2 Å². The molecule has 2 heterocycles. The molecule has 1 aromatic heterocycles. The van der Waals surface area contributed by atoms with Crippen molar-refractivity contribution in [2.24, 2.45) is 0 Å². The second kappa shape index (κ2) is 5.54. The van der Waals surface area contributed by atoms with E-state index in [9.17, 15) is 4.79 Å². The van der Waals surface area contributed by atoms with E-state index in [2.05, 4.69) is 11.4 Å². The van der Waals surface area contributed by atoms with Crippen LogP contribution in [-0.4, -0.2) is 25.0 Å². The van der Waals surface area contributed by atoms with Gasteiger partial charge in [0.2, 0.25) is 6.41 Å². The molecule has 1 saturated heterocycles. The molecule has 0 amide bonds. The number of Topliss-reactive ketones (excluding diaryl/α,β-unsaturated/α-hetero) is 1. The summed E-state index contributed by atoms with van der Waals surface area (Å²) in [5.41, 5.74) is 0. The summed E-state index contributed by atoms with van der Waals surface area (Å²) in [7, 11) is 0. The Morgan fingerprint density at radius 2 is 2.50 bits per heavy atom. The highest BCUT2D eigenvalue weighted by molar-refractivity contribution is 7.09. The maximum atomic E-state index is 11.2. The molecule has 0 bridgehead atoms. The van der Waals surface area contributed by atoms with Crippen molar-refractivity contribution >= 4 is 17.1 Å². The van der Waals surface area contributed by atoms with Crippen LogP contribution in [-0.2, 0) is 20.7 Å². The Balaban J connectivity index is 1.87. The summed E-state index contributed by atoms with van der Waals surface area (Å²) in [5.74, 6) is 0.174. The predicted octanol–water partition coefficient (Wildman–Crippen LogP) is 1.52. The van der Waals surface area contributed by atoms with E-state index in [4.69, 9.17) is 9.47 Å². The number of ether oxygens (including phenoxy) is 2. The van der Waals surface area contributed by atoms with Crippen LogP contribution in [0.5, 0.6) is 0 Å². The van der Waals surface area contributed by atoms with Gasteiger partial charge in [-0.1, -0.05) is 6.07 Å². The van der Waals surface area contributed by atoms with Crippen LogP contribution in [0, 0.1) is 0 Å². The van der Waals surface area contributed by atoms with Crippen molar-refractivity contribution < 1.29 is 14.3 Å². The summed E-state index contributed by atoms with van der Waals surface area (Å²) in [6.07, 6.45) is 0.992. The van der Waals surface area contributed by atoms with Gasteiger partial charge in [0.15, 0.2) is 6.79 Å². The van der Waals surface area contributed by atoms with Crippen LogP contribution >= 0.6 is 11.3 Å². The minimum atomic E-state index is -0.343. The number of nitrogens with one attached hydrogen (secondary N) is 1. The number of thiophene rings is 1. The molecular weight excluding hydrogens is 226 g/mol. The minimum Gasteiger partial charge on any atom is -0.313 e. The van der Waals surface area contributed by atoms with Crippen molar-refractivity contribution in [2.45, 2.75) is 32.2 Å². The van der Waals surface area contributed by atoms with Gasteiger partial charge in [-0.3, -0.25) is 10.1 Å². The fourth-order valence-corrected chi connectivity index (χ4v) is 2.42. The molecule has 2 rings (SSSR count). The van der Waals surface area contributed by atoms with Crippen LogP contribution in [0.1, 0.15) is 18.2 Å². The normalized spacial score (nSPS) is 18.1. The lowest BCUT2D eigenvalue weighted by Crippen LogP contribution is -2.49. The van der Waals surface area contributed by atoms with E-state index in [0.717, 1.165) is 6.42 Å². The molecule has 5 heteroatoms. The molecular formula is C11H15NO3S. The molecule has 0 aliphatic carbocycles. The van der Waals surface area contributed by atoms with Crippen LogP contribution in [0.2, 0.25) is 0 Å². The van der Waals surface area contributed by atoms with Crippen molar-refractivity contribution in [1.82, 2.24) is 5.32 Å². The Kier molecular flexibility index (Phi) is 4.06. The van der Waals surface area contributed by atoms with E-state index in [0.29, 0.717) is 13.2 Å². The molecule has 88 valence electrons. The van der Waals surface area contributed by atoms with Crippen LogP contribution in [0.15, 0.2) is 17.5 Å². The maximum Gasteiger partial charge on any atom is 0.220 e. The number of rotatable bonds is 6. The first-order chi connectivity index (χ1) is 7.74. The summed E-state index contributed by atoms with van der Waals surface area (Å²) >= 11 is 1.70. The molecule has 0 spiro atoms. The maximum absolute atomic E-state index is 11.2. The molecule has 1 aliphatic heterocycles. The van der Waals surface area contributed by atoms with Crippen LogP contribution < -0.4 is 5.32 Å². The number of ketones is 1. The fourth-order valence-electron chi connectivity index (χ4n) is 1.63. The van der Waals surface area contributed by atoms with Gasteiger partial charge >= 0.3 is 0 Å². The summed E-state index contributed by atoms with van der Waals surface area (Å²) in [6, 6.07) is 4.17. The van der Waals surface area contributed by atoms with Gasteiger partial charge in [0.25, 0.3) is 0 Å². The lowest BCUT2D eigenvalue weighted by molar-refractivity contribution is -0.335. The van der Waals surface area contributed by atoms with Gasteiger partial charge in [-0.05, 0) is 24.8 Å². The van der Waals surface area contributed by atoms with Crippen LogP contribution in [0.25, 0.3) is 0 Å². The van der Waals surface area contributed by atoms with E-state index in [1.54, 1.807) is 18.3 Å².